The van der Waals surface area contributed by atoms with Gasteiger partial charge in [-0.1, -0.05) is 32.4 Å². The minimum absolute atomic E-state index is 0.130. The molecule has 1 amide bonds. The third kappa shape index (κ3) is 3.06. The third-order valence-electron chi connectivity index (χ3n) is 4.08. The summed E-state index contributed by atoms with van der Waals surface area (Å²) in [6.45, 7) is 5.07. The highest BCUT2D eigenvalue weighted by Crippen LogP contribution is 2.37. The fourth-order valence-electron chi connectivity index (χ4n) is 2.59. The molecule has 0 spiro atoms. The molecule has 1 aromatic carbocycles. The van der Waals surface area contributed by atoms with E-state index in [1.807, 2.05) is 0 Å². The van der Waals surface area contributed by atoms with Crippen LogP contribution in [0.15, 0.2) is 24.3 Å². The number of morpholine rings is 1. The van der Waals surface area contributed by atoms with Crippen LogP contribution in [0.1, 0.15) is 20.8 Å². The van der Waals surface area contributed by atoms with Gasteiger partial charge in [-0.2, -0.15) is 0 Å². The molecule has 0 aliphatic carbocycles. The van der Waals surface area contributed by atoms with Crippen LogP contribution in [0.25, 0.3) is 0 Å². The van der Waals surface area contributed by atoms with E-state index in [0.29, 0.717) is 10.7 Å². The minimum Gasteiger partial charge on any atom is -0.479 e. The summed E-state index contributed by atoms with van der Waals surface area (Å²) >= 11 is 5.84. The summed E-state index contributed by atoms with van der Waals surface area (Å²) < 4.78 is 5.37. The molecule has 1 aliphatic heterocycles. The largest absolute Gasteiger partial charge is 0.479 e. The molecule has 0 bridgehead atoms. The quantitative estimate of drug-likeness (QED) is 0.877. The second-order valence-corrected chi connectivity index (χ2v) is 6.98. The third-order valence-corrected chi connectivity index (χ3v) is 4.33. The molecule has 0 unspecified atom stereocenters. The Morgan fingerprint density at radius 1 is 1.30 bits per heavy atom. The summed E-state index contributed by atoms with van der Waals surface area (Å²) in [4.78, 5) is 25.8. The summed E-state index contributed by atoms with van der Waals surface area (Å²) in [6.07, 6.45) is -1.48. The minimum atomic E-state index is -2.34. The molecule has 6 nitrogen and oxygen atoms in total. The molecule has 23 heavy (non-hydrogen) atoms. The monoisotopic (exact) mass is 341 g/mol. The Hall–Kier alpha value is -1.63. The van der Waals surface area contributed by atoms with Gasteiger partial charge in [0.25, 0.3) is 5.91 Å². The van der Waals surface area contributed by atoms with Gasteiger partial charge in [0.15, 0.2) is 6.10 Å². The maximum Gasteiger partial charge on any atom is 0.339 e. The number of anilines is 1. The van der Waals surface area contributed by atoms with E-state index < -0.39 is 29.0 Å². The zero-order valence-electron chi connectivity index (χ0n) is 13.2. The average molecular weight is 342 g/mol. The molecule has 1 aromatic rings. The second-order valence-electron chi connectivity index (χ2n) is 6.54. The van der Waals surface area contributed by atoms with Crippen molar-refractivity contribution in [2.24, 2.45) is 5.41 Å². The lowest BCUT2D eigenvalue weighted by Gasteiger charge is -2.44. The number of rotatable bonds is 3. The Bertz CT molecular complexity index is 610. The van der Waals surface area contributed by atoms with Crippen LogP contribution in [0.5, 0.6) is 0 Å². The maximum absolute atomic E-state index is 12.8. The van der Waals surface area contributed by atoms with E-state index in [1.54, 1.807) is 45.0 Å². The number of carboxylic acids is 1. The fourth-order valence-corrected chi connectivity index (χ4v) is 2.71. The number of carbonyl (C=O) groups is 2. The van der Waals surface area contributed by atoms with Crippen LogP contribution in [0, 0.1) is 5.41 Å². The number of nitrogens with zero attached hydrogens (tertiary/aromatic N) is 1. The van der Waals surface area contributed by atoms with E-state index in [1.165, 1.54) is 4.90 Å². The van der Waals surface area contributed by atoms with Crippen molar-refractivity contribution < 1.29 is 24.5 Å². The second kappa shape index (κ2) is 6.11. The van der Waals surface area contributed by atoms with Crippen molar-refractivity contribution in [2.45, 2.75) is 32.5 Å². The zero-order chi connectivity index (χ0) is 17.4. The fraction of sp³-hybridized carbons (Fsp3) is 0.500. The zero-order valence-corrected chi connectivity index (χ0v) is 14.0. The standard InChI is InChI=1S/C16H20ClNO5/c1-15(2,3)16(22,14(20)21)12-13(19)18(8-9-23-12)11-6-4-10(17)5-7-11/h4-7,12,22H,8-9H2,1-3H3,(H,20,21)/t12-,16+/m0/s1. The van der Waals surface area contributed by atoms with Gasteiger partial charge in [-0.15, -0.1) is 0 Å². The number of hydrogen-bond donors (Lipinski definition) is 2. The molecule has 1 aliphatic rings. The van der Waals surface area contributed by atoms with E-state index in [4.69, 9.17) is 16.3 Å². The van der Waals surface area contributed by atoms with E-state index in [9.17, 15) is 19.8 Å². The van der Waals surface area contributed by atoms with Crippen LogP contribution in [0.2, 0.25) is 5.02 Å². The van der Waals surface area contributed by atoms with Gasteiger partial charge in [0.05, 0.1) is 6.61 Å². The van der Waals surface area contributed by atoms with Crippen molar-refractivity contribution in [2.75, 3.05) is 18.1 Å². The van der Waals surface area contributed by atoms with Crippen LogP contribution < -0.4 is 4.90 Å². The van der Waals surface area contributed by atoms with Gasteiger partial charge in [-0.25, -0.2) is 4.79 Å². The van der Waals surface area contributed by atoms with E-state index in [0.717, 1.165) is 0 Å². The summed E-state index contributed by atoms with van der Waals surface area (Å²) in [6, 6.07) is 6.61. The summed E-state index contributed by atoms with van der Waals surface area (Å²) in [5, 5.41) is 20.8. The molecule has 126 valence electrons. The number of amides is 1. The van der Waals surface area contributed by atoms with Crippen LogP contribution in [0.3, 0.4) is 0 Å². The first-order valence-electron chi connectivity index (χ1n) is 7.23. The van der Waals surface area contributed by atoms with Crippen LogP contribution in [0.4, 0.5) is 5.69 Å². The molecular weight excluding hydrogens is 322 g/mol. The van der Waals surface area contributed by atoms with Gasteiger partial charge >= 0.3 is 5.97 Å². The number of halogens is 1. The lowest BCUT2D eigenvalue weighted by Crippen LogP contribution is -2.66. The number of aliphatic hydroxyl groups is 1. The summed E-state index contributed by atoms with van der Waals surface area (Å²) in [5.74, 6) is -2.07. The number of carboxylic acid groups (broad SMARTS) is 1. The molecule has 7 heteroatoms. The number of carbonyl (C=O) groups excluding carboxylic acids is 1. The van der Waals surface area contributed by atoms with E-state index >= 15 is 0 Å². The molecule has 0 radical (unpaired) electrons. The number of ether oxygens (including phenoxy) is 1. The Kier molecular flexibility index (Phi) is 4.71. The molecule has 1 fully saturated rings. The van der Waals surface area contributed by atoms with Gasteiger partial charge in [-0.05, 0) is 24.3 Å². The van der Waals surface area contributed by atoms with Crippen LogP contribution in [-0.4, -0.2) is 46.9 Å². The van der Waals surface area contributed by atoms with Crippen LogP contribution >= 0.6 is 11.6 Å². The first-order valence-corrected chi connectivity index (χ1v) is 7.61. The Balaban J connectivity index is 2.39. The molecule has 0 saturated carbocycles. The Labute approximate surface area is 139 Å². The number of hydrogen-bond acceptors (Lipinski definition) is 4. The Morgan fingerprint density at radius 2 is 1.87 bits per heavy atom. The first kappa shape index (κ1) is 17.7. The molecular formula is C16H20ClNO5. The average Bonchev–Trinajstić information content (AvgIpc) is 2.46. The highest BCUT2D eigenvalue weighted by Gasteiger charge is 2.58. The summed E-state index contributed by atoms with van der Waals surface area (Å²) in [7, 11) is 0. The highest BCUT2D eigenvalue weighted by molar-refractivity contribution is 6.30. The Morgan fingerprint density at radius 3 is 2.35 bits per heavy atom. The lowest BCUT2D eigenvalue weighted by atomic mass is 9.72. The maximum atomic E-state index is 12.8. The van der Waals surface area contributed by atoms with Crippen molar-refractivity contribution in [1.82, 2.24) is 0 Å². The van der Waals surface area contributed by atoms with Crippen molar-refractivity contribution in [1.29, 1.82) is 0 Å². The molecule has 2 rings (SSSR count). The van der Waals surface area contributed by atoms with Crippen LogP contribution in [-0.2, 0) is 14.3 Å². The number of aliphatic carboxylic acids is 1. The first-order chi connectivity index (χ1) is 10.6. The molecule has 0 aromatic heterocycles. The van der Waals surface area contributed by atoms with Gasteiger partial charge in [0.2, 0.25) is 5.60 Å². The lowest BCUT2D eigenvalue weighted by molar-refractivity contribution is -0.203. The van der Waals surface area contributed by atoms with E-state index in [-0.39, 0.29) is 13.2 Å². The normalized spacial score (nSPS) is 21.9. The highest BCUT2D eigenvalue weighted by atomic mass is 35.5. The molecule has 1 heterocycles. The number of benzene rings is 1. The molecule has 1 saturated heterocycles. The van der Waals surface area contributed by atoms with Gasteiger partial charge in [0, 0.05) is 22.7 Å². The molecule has 2 atom stereocenters. The van der Waals surface area contributed by atoms with Gasteiger partial charge in [-0.3, -0.25) is 4.79 Å². The predicted octanol–water partition coefficient (Wildman–Crippen LogP) is 1.93. The van der Waals surface area contributed by atoms with Crippen molar-refractivity contribution in [3.63, 3.8) is 0 Å². The van der Waals surface area contributed by atoms with Crippen molar-refractivity contribution in [3.8, 4) is 0 Å². The smallest absolute Gasteiger partial charge is 0.339 e. The topological polar surface area (TPSA) is 87.1 Å². The predicted molar refractivity (Wildman–Crippen MR) is 85.6 cm³/mol. The van der Waals surface area contributed by atoms with Crippen molar-refractivity contribution >= 4 is 29.2 Å². The van der Waals surface area contributed by atoms with Crippen molar-refractivity contribution in [3.05, 3.63) is 29.3 Å². The molecule has 2 N–H and O–H groups in total. The van der Waals surface area contributed by atoms with Gasteiger partial charge < -0.3 is 19.8 Å². The SMILES string of the molecule is CC(C)(C)[C@](O)(C(=O)O)[C@H]1OCCN(c2ccc(Cl)cc2)C1=O. The van der Waals surface area contributed by atoms with E-state index in [2.05, 4.69) is 0 Å². The van der Waals surface area contributed by atoms with Gasteiger partial charge in [0.1, 0.15) is 0 Å². The summed E-state index contributed by atoms with van der Waals surface area (Å²) in [5.41, 5.74) is -2.86.